The molecule has 0 aliphatic heterocycles. The maximum atomic E-state index is 12.3. The topological polar surface area (TPSA) is 64.5 Å². The lowest BCUT2D eigenvalue weighted by atomic mass is 10.2. The standard InChI is InChI=1S/C16H23F2N3O3/c1-5-6-8-21(23-4)16-19-10-13(12(3)20-16)15(22)24-9-7-11(2)14(17)18/h10H,5-9H2,1-4H3. The van der Waals surface area contributed by atoms with Gasteiger partial charge in [0.25, 0.3) is 6.08 Å². The first-order chi connectivity index (χ1) is 11.4. The van der Waals surface area contributed by atoms with Gasteiger partial charge in [-0.25, -0.2) is 19.8 Å². The summed E-state index contributed by atoms with van der Waals surface area (Å²) in [5.74, 6) is -0.276. The molecule has 0 unspecified atom stereocenters. The zero-order valence-electron chi connectivity index (χ0n) is 14.4. The number of esters is 1. The first-order valence-electron chi connectivity index (χ1n) is 7.73. The van der Waals surface area contributed by atoms with Crippen molar-refractivity contribution in [3.05, 3.63) is 29.1 Å². The molecule has 0 saturated carbocycles. The Kier molecular flexibility index (Phi) is 8.25. The molecule has 0 amide bonds. The minimum absolute atomic E-state index is 0.0134. The maximum Gasteiger partial charge on any atom is 0.341 e. The van der Waals surface area contributed by atoms with Crippen molar-refractivity contribution in [1.82, 2.24) is 9.97 Å². The molecule has 0 spiro atoms. The average molecular weight is 343 g/mol. The SMILES string of the molecule is CCCCN(OC)c1ncc(C(=O)OCCC(C)=C(F)F)c(C)n1. The summed E-state index contributed by atoms with van der Waals surface area (Å²) in [5.41, 5.74) is 0.540. The lowest BCUT2D eigenvalue weighted by Crippen LogP contribution is -2.25. The average Bonchev–Trinajstić information content (AvgIpc) is 2.55. The number of hydrogen-bond donors (Lipinski definition) is 0. The zero-order chi connectivity index (χ0) is 18.1. The third kappa shape index (κ3) is 5.84. The molecule has 1 heterocycles. The summed E-state index contributed by atoms with van der Waals surface area (Å²) in [7, 11) is 1.52. The maximum absolute atomic E-state index is 12.3. The molecule has 0 aliphatic rings. The number of carbonyl (C=O) groups is 1. The van der Waals surface area contributed by atoms with Gasteiger partial charge in [0.05, 0.1) is 25.0 Å². The molecule has 6 nitrogen and oxygen atoms in total. The number of aromatic nitrogens is 2. The molecule has 0 atom stereocenters. The summed E-state index contributed by atoms with van der Waals surface area (Å²) in [5, 5.41) is 1.55. The minimum Gasteiger partial charge on any atom is -0.462 e. The van der Waals surface area contributed by atoms with E-state index in [4.69, 9.17) is 9.57 Å². The van der Waals surface area contributed by atoms with E-state index in [1.54, 1.807) is 12.0 Å². The number of rotatable bonds is 9. The van der Waals surface area contributed by atoms with Crippen LogP contribution < -0.4 is 5.06 Å². The van der Waals surface area contributed by atoms with Crippen LogP contribution in [0.15, 0.2) is 17.9 Å². The lowest BCUT2D eigenvalue weighted by Gasteiger charge is -2.19. The van der Waals surface area contributed by atoms with Crippen molar-refractivity contribution < 1.29 is 23.1 Å². The van der Waals surface area contributed by atoms with E-state index in [1.165, 1.54) is 20.2 Å². The highest BCUT2D eigenvalue weighted by molar-refractivity contribution is 5.90. The smallest absolute Gasteiger partial charge is 0.341 e. The molecule has 8 heteroatoms. The molecule has 0 radical (unpaired) electrons. The van der Waals surface area contributed by atoms with E-state index in [0.29, 0.717) is 18.2 Å². The fourth-order valence-electron chi connectivity index (χ4n) is 1.82. The third-order valence-corrected chi connectivity index (χ3v) is 3.38. The second-order valence-corrected chi connectivity index (χ2v) is 5.23. The van der Waals surface area contributed by atoms with Crippen LogP contribution in [-0.4, -0.2) is 36.2 Å². The first kappa shape index (κ1) is 20.0. The van der Waals surface area contributed by atoms with Crippen LogP contribution in [0.1, 0.15) is 49.2 Å². The van der Waals surface area contributed by atoms with E-state index in [-0.39, 0.29) is 24.2 Å². The minimum atomic E-state index is -1.75. The Balaban J connectivity index is 2.73. The van der Waals surface area contributed by atoms with E-state index in [0.717, 1.165) is 12.8 Å². The van der Waals surface area contributed by atoms with Crippen molar-refractivity contribution in [2.45, 2.75) is 40.0 Å². The summed E-state index contributed by atoms with van der Waals surface area (Å²) in [6, 6.07) is 0. The Morgan fingerprint density at radius 2 is 2.08 bits per heavy atom. The van der Waals surface area contributed by atoms with Crippen molar-refractivity contribution in [3.63, 3.8) is 0 Å². The summed E-state index contributed by atoms with van der Waals surface area (Å²) in [4.78, 5) is 25.6. The van der Waals surface area contributed by atoms with Gasteiger partial charge < -0.3 is 4.74 Å². The fourth-order valence-corrected chi connectivity index (χ4v) is 1.82. The number of unbranched alkanes of at least 4 members (excludes halogenated alkanes) is 1. The number of hydroxylamine groups is 1. The predicted octanol–water partition coefficient (Wildman–Crippen LogP) is 3.67. The van der Waals surface area contributed by atoms with Crippen LogP contribution in [0.4, 0.5) is 14.7 Å². The second-order valence-electron chi connectivity index (χ2n) is 5.23. The summed E-state index contributed by atoms with van der Waals surface area (Å²) >= 11 is 0. The number of carbonyl (C=O) groups excluding carboxylic acids is 1. The molecule has 0 N–H and O–H groups in total. The van der Waals surface area contributed by atoms with E-state index in [2.05, 4.69) is 16.9 Å². The van der Waals surface area contributed by atoms with Crippen molar-refractivity contribution in [2.24, 2.45) is 0 Å². The van der Waals surface area contributed by atoms with E-state index in [1.807, 2.05) is 0 Å². The highest BCUT2D eigenvalue weighted by Gasteiger charge is 2.16. The zero-order valence-corrected chi connectivity index (χ0v) is 14.4. The molecule has 24 heavy (non-hydrogen) atoms. The van der Waals surface area contributed by atoms with E-state index >= 15 is 0 Å². The Hall–Kier alpha value is -2.09. The number of ether oxygens (including phenoxy) is 1. The Bertz CT molecular complexity index is 590. The van der Waals surface area contributed by atoms with Gasteiger partial charge in [0.2, 0.25) is 5.95 Å². The summed E-state index contributed by atoms with van der Waals surface area (Å²) in [6.07, 6.45) is 1.51. The molecular weight excluding hydrogens is 320 g/mol. The molecular formula is C16H23F2N3O3. The molecule has 1 aromatic heterocycles. The molecule has 0 aliphatic carbocycles. The molecule has 0 bridgehead atoms. The van der Waals surface area contributed by atoms with Crippen LogP contribution in [0.2, 0.25) is 0 Å². The molecule has 0 aromatic carbocycles. The molecule has 134 valence electrons. The van der Waals surface area contributed by atoms with Crippen molar-refractivity contribution >= 4 is 11.9 Å². The number of nitrogens with zero attached hydrogens (tertiary/aromatic N) is 3. The number of aryl methyl sites for hydroxylation is 1. The highest BCUT2D eigenvalue weighted by Crippen LogP contribution is 2.15. The third-order valence-electron chi connectivity index (χ3n) is 3.38. The molecule has 0 saturated heterocycles. The number of anilines is 1. The molecule has 1 aromatic rings. The van der Waals surface area contributed by atoms with Crippen LogP contribution in [0.3, 0.4) is 0 Å². The Morgan fingerprint density at radius 1 is 1.38 bits per heavy atom. The lowest BCUT2D eigenvalue weighted by molar-refractivity contribution is 0.0505. The highest BCUT2D eigenvalue weighted by atomic mass is 19.3. The number of hydrogen-bond acceptors (Lipinski definition) is 6. The largest absolute Gasteiger partial charge is 0.462 e. The van der Waals surface area contributed by atoms with Crippen LogP contribution in [0.25, 0.3) is 0 Å². The monoisotopic (exact) mass is 343 g/mol. The number of halogens is 2. The Labute approximate surface area is 140 Å². The van der Waals surface area contributed by atoms with Gasteiger partial charge in [-0.05, 0) is 25.8 Å². The van der Waals surface area contributed by atoms with Gasteiger partial charge >= 0.3 is 5.97 Å². The van der Waals surface area contributed by atoms with Crippen LogP contribution >= 0.6 is 0 Å². The van der Waals surface area contributed by atoms with Crippen LogP contribution in [0, 0.1) is 6.92 Å². The predicted molar refractivity (Wildman–Crippen MR) is 85.8 cm³/mol. The quantitative estimate of drug-likeness (QED) is 0.503. The van der Waals surface area contributed by atoms with Crippen LogP contribution in [0.5, 0.6) is 0 Å². The molecule has 1 rings (SSSR count). The summed E-state index contributed by atoms with van der Waals surface area (Å²) in [6.45, 7) is 5.52. The van der Waals surface area contributed by atoms with Gasteiger partial charge in [0.1, 0.15) is 0 Å². The normalized spacial score (nSPS) is 10.4. The van der Waals surface area contributed by atoms with E-state index < -0.39 is 12.0 Å². The Morgan fingerprint density at radius 3 is 2.62 bits per heavy atom. The van der Waals surface area contributed by atoms with Gasteiger partial charge in [-0.2, -0.15) is 8.78 Å². The van der Waals surface area contributed by atoms with Crippen molar-refractivity contribution in [2.75, 3.05) is 25.3 Å². The second kappa shape index (κ2) is 9.92. The fraction of sp³-hybridized carbons (Fsp3) is 0.562. The van der Waals surface area contributed by atoms with Gasteiger partial charge in [-0.1, -0.05) is 13.3 Å². The van der Waals surface area contributed by atoms with Crippen molar-refractivity contribution in [1.29, 1.82) is 0 Å². The van der Waals surface area contributed by atoms with Crippen molar-refractivity contribution in [3.8, 4) is 0 Å². The first-order valence-corrected chi connectivity index (χ1v) is 7.73. The molecule has 0 fully saturated rings. The van der Waals surface area contributed by atoms with Gasteiger partial charge in [0.15, 0.2) is 0 Å². The van der Waals surface area contributed by atoms with Gasteiger partial charge in [0, 0.05) is 19.2 Å². The van der Waals surface area contributed by atoms with E-state index in [9.17, 15) is 13.6 Å². The van der Waals surface area contributed by atoms with Gasteiger partial charge in [-0.3, -0.25) is 4.84 Å². The van der Waals surface area contributed by atoms with Gasteiger partial charge in [-0.15, -0.1) is 0 Å². The summed E-state index contributed by atoms with van der Waals surface area (Å²) < 4.78 is 29.6. The van der Waals surface area contributed by atoms with Crippen LogP contribution in [-0.2, 0) is 9.57 Å².